The lowest BCUT2D eigenvalue weighted by molar-refractivity contribution is -0.130. The van der Waals surface area contributed by atoms with Crippen LogP contribution in [0.25, 0.3) is 0 Å². The van der Waals surface area contributed by atoms with Crippen LogP contribution in [0.4, 0.5) is 4.39 Å². The van der Waals surface area contributed by atoms with Crippen LogP contribution in [0.1, 0.15) is 31.2 Å². The number of primary amides is 1. The Balaban J connectivity index is 1.93. The number of nitrogens with zero attached hydrogens (tertiary/aromatic N) is 1. The van der Waals surface area contributed by atoms with Crippen molar-refractivity contribution >= 4 is 23.4 Å². The average Bonchev–Trinajstić information content (AvgIpc) is 2.67. The van der Waals surface area contributed by atoms with Crippen LogP contribution in [0.5, 0.6) is 0 Å². The lowest BCUT2D eigenvalue weighted by atomic mass is 9.97. The third-order valence-electron chi connectivity index (χ3n) is 4.05. The highest BCUT2D eigenvalue weighted by Gasteiger charge is 2.22. The second kappa shape index (κ2) is 7.58. The topological polar surface area (TPSA) is 63.4 Å². The molecule has 1 aromatic rings. The van der Waals surface area contributed by atoms with Gasteiger partial charge in [-0.3, -0.25) is 9.59 Å². The van der Waals surface area contributed by atoms with Crippen LogP contribution in [-0.4, -0.2) is 29.8 Å². The zero-order valence-corrected chi connectivity index (χ0v) is 13.1. The van der Waals surface area contributed by atoms with Crippen LogP contribution < -0.4 is 5.73 Å². The Kier molecular flexibility index (Phi) is 5.77. The molecule has 0 spiro atoms. The van der Waals surface area contributed by atoms with Gasteiger partial charge in [0.25, 0.3) is 0 Å². The minimum absolute atomic E-state index is 0.0202. The minimum atomic E-state index is -0.412. The molecule has 1 heterocycles. The van der Waals surface area contributed by atoms with Crippen molar-refractivity contribution in [2.75, 3.05) is 13.1 Å². The van der Waals surface area contributed by atoms with Crippen molar-refractivity contribution in [1.29, 1.82) is 0 Å². The Hall–Kier alpha value is -1.62. The average molecular weight is 327 g/mol. The smallest absolute Gasteiger partial charge is 0.227 e. The van der Waals surface area contributed by atoms with Crippen molar-refractivity contribution in [1.82, 2.24) is 4.90 Å². The van der Waals surface area contributed by atoms with Gasteiger partial charge >= 0.3 is 0 Å². The van der Waals surface area contributed by atoms with E-state index < -0.39 is 5.82 Å². The molecule has 1 fully saturated rings. The van der Waals surface area contributed by atoms with Crippen LogP contribution in [0, 0.1) is 11.7 Å². The summed E-state index contributed by atoms with van der Waals surface area (Å²) in [5.74, 6) is -0.467. The summed E-state index contributed by atoms with van der Waals surface area (Å²) >= 11 is 5.96. The Morgan fingerprint density at radius 1 is 1.32 bits per heavy atom. The monoisotopic (exact) mass is 326 g/mol. The first kappa shape index (κ1) is 16.7. The lowest BCUT2D eigenvalue weighted by Crippen LogP contribution is -2.33. The van der Waals surface area contributed by atoms with Crippen LogP contribution in [0.15, 0.2) is 18.2 Å². The van der Waals surface area contributed by atoms with E-state index in [0.29, 0.717) is 25.1 Å². The maximum absolute atomic E-state index is 13.0. The van der Waals surface area contributed by atoms with Gasteiger partial charge in [0.2, 0.25) is 11.8 Å². The molecule has 1 unspecified atom stereocenters. The number of hydrogen-bond acceptors (Lipinski definition) is 2. The highest BCUT2D eigenvalue weighted by atomic mass is 35.5. The lowest BCUT2D eigenvalue weighted by Gasteiger charge is -2.21. The van der Waals surface area contributed by atoms with Gasteiger partial charge in [-0.15, -0.1) is 0 Å². The first-order chi connectivity index (χ1) is 10.5. The number of carbonyl (C=O) groups excluding carboxylic acids is 2. The molecule has 120 valence electrons. The van der Waals surface area contributed by atoms with Crippen LogP contribution in [-0.2, 0) is 16.0 Å². The number of benzene rings is 1. The van der Waals surface area contributed by atoms with E-state index in [1.54, 1.807) is 11.0 Å². The van der Waals surface area contributed by atoms with E-state index >= 15 is 0 Å². The fourth-order valence-corrected chi connectivity index (χ4v) is 3.08. The van der Waals surface area contributed by atoms with E-state index in [1.807, 2.05) is 0 Å². The first-order valence-corrected chi connectivity index (χ1v) is 7.83. The van der Waals surface area contributed by atoms with E-state index in [9.17, 15) is 14.0 Å². The maximum atomic E-state index is 13.0. The number of carbonyl (C=O) groups is 2. The highest BCUT2D eigenvalue weighted by molar-refractivity contribution is 6.31. The standard InChI is InChI=1S/C16H20ClFN2O2/c17-14-10-13(18)4-3-12(14)9-16(22)20-6-1-2-11(5-7-20)8-15(19)21/h3-4,10-11H,1-2,5-9H2,(H2,19,21). The largest absolute Gasteiger partial charge is 0.370 e. The molecule has 22 heavy (non-hydrogen) atoms. The quantitative estimate of drug-likeness (QED) is 0.924. The number of nitrogens with two attached hydrogens (primary N) is 1. The molecule has 0 aliphatic carbocycles. The van der Waals surface area contributed by atoms with Crippen molar-refractivity contribution in [3.63, 3.8) is 0 Å². The molecular weight excluding hydrogens is 307 g/mol. The van der Waals surface area contributed by atoms with Gasteiger partial charge in [-0.1, -0.05) is 17.7 Å². The molecule has 2 rings (SSSR count). The zero-order chi connectivity index (χ0) is 16.1. The Labute approximate surface area is 134 Å². The van der Waals surface area contributed by atoms with E-state index in [4.69, 9.17) is 17.3 Å². The molecule has 2 N–H and O–H groups in total. The van der Waals surface area contributed by atoms with E-state index in [2.05, 4.69) is 0 Å². The number of rotatable bonds is 4. The number of halogens is 2. The second-order valence-corrected chi connectivity index (χ2v) is 6.17. The summed E-state index contributed by atoms with van der Waals surface area (Å²) in [6, 6.07) is 4.07. The maximum Gasteiger partial charge on any atom is 0.227 e. The predicted octanol–water partition coefficient (Wildman–Crippen LogP) is 2.53. The molecule has 2 amide bonds. The van der Waals surface area contributed by atoms with Crippen LogP contribution in [0.3, 0.4) is 0 Å². The fraction of sp³-hybridized carbons (Fsp3) is 0.500. The summed E-state index contributed by atoms with van der Waals surface area (Å²) in [7, 11) is 0. The van der Waals surface area contributed by atoms with Crippen molar-refractivity contribution in [2.24, 2.45) is 11.7 Å². The van der Waals surface area contributed by atoms with Crippen LogP contribution in [0.2, 0.25) is 5.02 Å². The fourth-order valence-electron chi connectivity index (χ4n) is 2.84. The Bertz CT molecular complexity index is 565. The highest BCUT2D eigenvalue weighted by Crippen LogP contribution is 2.22. The van der Waals surface area contributed by atoms with Crippen molar-refractivity contribution in [3.05, 3.63) is 34.6 Å². The van der Waals surface area contributed by atoms with Gasteiger partial charge in [-0.2, -0.15) is 0 Å². The summed E-state index contributed by atoms with van der Waals surface area (Å²) in [5, 5.41) is 0.273. The summed E-state index contributed by atoms with van der Waals surface area (Å²) in [6.07, 6.45) is 3.10. The molecule has 0 saturated carbocycles. The second-order valence-electron chi connectivity index (χ2n) is 5.76. The Morgan fingerprint density at radius 3 is 2.77 bits per heavy atom. The molecule has 4 nitrogen and oxygen atoms in total. The van der Waals surface area contributed by atoms with Gasteiger partial charge in [0.05, 0.1) is 6.42 Å². The van der Waals surface area contributed by atoms with Gasteiger partial charge < -0.3 is 10.6 Å². The Morgan fingerprint density at radius 2 is 2.09 bits per heavy atom. The first-order valence-electron chi connectivity index (χ1n) is 7.45. The predicted molar refractivity (Wildman–Crippen MR) is 82.8 cm³/mol. The van der Waals surface area contributed by atoms with Gasteiger partial charge in [0.1, 0.15) is 5.82 Å². The van der Waals surface area contributed by atoms with Crippen molar-refractivity contribution < 1.29 is 14.0 Å². The normalized spacial score (nSPS) is 18.8. The molecular formula is C16H20ClFN2O2. The van der Waals surface area contributed by atoms with Crippen LogP contribution >= 0.6 is 11.6 Å². The van der Waals surface area contributed by atoms with Gasteiger partial charge in [-0.25, -0.2) is 4.39 Å². The molecule has 0 aromatic heterocycles. The van der Waals surface area contributed by atoms with Crippen molar-refractivity contribution in [2.45, 2.75) is 32.1 Å². The number of hydrogen-bond donors (Lipinski definition) is 1. The number of likely N-dealkylation sites (tertiary alicyclic amines) is 1. The number of amides is 2. The molecule has 1 aliphatic heterocycles. The molecule has 0 bridgehead atoms. The SMILES string of the molecule is NC(=O)CC1CCCN(C(=O)Cc2ccc(F)cc2Cl)CC1. The molecule has 1 atom stereocenters. The van der Waals surface area contributed by atoms with Gasteiger partial charge in [0, 0.05) is 24.5 Å². The van der Waals surface area contributed by atoms with Gasteiger partial charge in [-0.05, 0) is 42.9 Å². The van der Waals surface area contributed by atoms with E-state index in [0.717, 1.165) is 19.3 Å². The molecule has 1 aromatic carbocycles. The van der Waals surface area contributed by atoms with E-state index in [1.165, 1.54) is 12.1 Å². The molecule has 1 saturated heterocycles. The van der Waals surface area contributed by atoms with E-state index in [-0.39, 0.29) is 29.2 Å². The summed E-state index contributed by atoms with van der Waals surface area (Å²) in [5.41, 5.74) is 5.87. The molecule has 6 heteroatoms. The minimum Gasteiger partial charge on any atom is -0.370 e. The molecule has 1 aliphatic rings. The van der Waals surface area contributed by atoms with Crippen molar-refractivity contribution in [3.8, 4) is 0 Å². The summed E-state index contributed by atoms with van der Waals surface area (Å²) in [4.78, 5) is 25.2. The van der Waals surface area contributed by atoms with Gasteiger partial charge in [0.15, 0.2) is 0 Å². The summed E-state index contributed by atoms with van der Waals surface area (Å²) in [6.45, 7) is 1.29. The third kappa shape index (κ3) is 4.70. The molecule has 0 radical (unpaired) electrons. The summed E-state index contributed by atoms with van der Waals surface area (Å²) < 4.78 is 13.0. The zero-order valence-electron chi connectivity index (χ0n) is 12.4. The third-order valence-corrected chi connectivity index (χ3v) is 4.40.